The van der Waals surface area contributed by atoms with Crippen molar-refractivity contribution in [3.8, 4) is 5.75 Å². The summed E-state index contributed by atoms with van der Waals surface area (Å²) in [6.07, 6.45) is 1.90. The van der Waals surface area contributed by atoms with Gasteiger partial charge in [0.2, 0.25) is 0 Å². The van der Waals surface area contributed by atoms with E-state index >= 15 is 0 Å². The summed E-state index contributed by atoms with van der Waals surface area (Å²) in [4.78, 5) is 0. The van der Waals surface area contributed by atoms with Crippen LogP contribution in [0.15, 0.2) is 24.3 Å². The van der Waals surface area contributed by atoms with Crippen molar-refractivity contribution >= 4 is 9.84 Å². The summed E-state index contributed by atoms with van der Waals surface area (Å²) in [6.45, 7) is 1.42. The highest BCUT2D eigenvalue weighted by Gasteiger charge is 2.01. The van der Waals surface area contributed by atoms with Crippen LogP contribution in [-0.2, 0) is 16.4 Å². The fourth-order valence-electron chi connectivity index (χ4n) is 1.47. The first-order chi connectivity index (χ1) is 8.01. The third-order valence-electron chi connectivity index (χ3n) is 2.33. The van der Waals surface area contributed by atoms with Crippen molar-refractivity contribution in [3.63, 3.8) is 0 Å². The van der Waals surface area contributed by atoms with Crippen LogP contribution < -0.4 is 10.1 Å². The van der Waals surface area contributed by atoms with Crippen molar-refractivity contribution in [2.75, 3.05) is 25.7 Å². The van der Waals surface area contributed by atoms with Crippen LogP contribution in [0.4, 0.5) is 0 Å². The number of hydrogen-bond acceptors (Lipinski definition) is 4. The molecule has 0 aliphatic carbocycles. The molecule has 1 aromatic rings. The fraction of sp³-hybridized carbons (Fsp3) is 0.500. The van der Waals surface area contributed by atoms with Crippen LogP contribution in [0, 0.1) is 0 Å². The van der Waals surface area contributed by atoms with Gasteiger partial charge in [0.05, 0.1) is 12.9 Å². The molecule has 1 N–H and O–H groups in total. The molecule has 0 amide bonds. The van der Waals surface area contributed by atoms with E-state index in [4.69, 9.17) is 4.74 Å². The highest BCUT2D eigenvalue weighted by Crippen LogP contribution is 2.11. The van der Waals surface area contributed by atoms with Crippen LogP contribution in [0.1, 0.15) is 12.0 Å². The highest BCUT2D eigenvalue weighted by atomic mass is 32.2. The van der Waals surface area contributed by atoms with Crippen LogP contribution in [0.3, 0.4) is 0 Å². The molecule has 0 aliphatic rings. The van der Waals surface area contributed by atoms with Crippen molar-refractivity contribution in [2.45, 2.75) is 13.0 Å². The second kappa shape index (κ2) is 6.61. The van der Waals surface area contributed by atoms with Crippen LogP contribution in [-0.4, -0.2) is 34.1 Å². The minimum atomic E-state index is -2.84. The van der Waals surface area contributed by atoms with Crippen molar-refractivity contribution in [1.29, 1.82) is 0 Å². The van der Waals surface area contributed by atoms with E-state index < -0.39 is 9.84 Å². The molecule has 17 heavy (non-hydrogen) atoms. The first kappa shape index (κ1) is 14.0. The minimum absolute atomic E-state index is 0.234. The van der Waals surface area contributed by atoms with Gasteiger partial charge in [-0.05, 0) is 30.7 Å². The van der Waals surface area contributed by atoms with Gasteiger partial charge >= 0.3 is 0 Å². The summed E-state index contributed by atoms with van der Waals surface area (Å²) >= 11 is 0. The number of hydrogen-bond donors (Lipinski definition) is 1. The molecule has 0 saturated heterocycles. The second-order valence-electron chi connectivity index (χ2n) is 4.01. The molecule has 5 heteroatoms. The molecule has 1 aromatic carbocycles. The van der Waals surface area contributed by atoms with Crippen molar-refractivity contribution in [1.82, 2.24) is 5.32 Å². The molecular formula is C12H19NO3S. The molecule has 0 saturated carbocycles. The lowest BCUT2D eigenvalue weighted by molar-refractivity contribution is 0.414. The zero-order valence-corrected chi connectivity index (χ0v) is 11.1. The maximum atomic E-state index is 10.9. The summed E-state index contributed by atoms with van der Waals surface area (Å²) in [5.41, 5.74) is 1.13. The van der Waals surface area contributed by atoms with E-state index in [1.165, 1.54) is 6.26 Å². The molecule has 0 radical (unpaired) electrons. The van der Waals surface area contributed by atoms with Crippen LogP contribution in [0.25, 0.3) is 0 Å². The van der Waals surface area contributed by atoms with Gasteiger partial charge in [-0.3, -0.25) is 0 Å². The number of rotatable bonds is 7. The molecule has 0 aliphatic heterocycles. The van der Waals surface area contributed by atoms with Gasteiger partial charge in [0, 0.05) is 12.8 Å². The summed E-state index contributed by atoms with van der Waals surface area (Å²) in [5.74, 6) is 1.07. The van der Waals surface area contributed by atoms with Crippen molar-refractivity contribution in [3.05, 3.63) is 29.8 Å². The number of ether oxygens (including phenoxy) is 1. The second-order valence-corrected chi connectivity index (χ2v) is 6.27. The first-order valence-electron chi connectivity index (χ1n) is 5.52. The van der Waals surface area contributed by atoms with E-state index in [-0.39, 0.29) is 5.75 Å². The highest BCUT2D eigenvalue weighted by molar-refractivity contribution is 7.90. The van der Waals surface area contributed by atoms with Gasteiger partial charge in [0.1, 0.15) is 15.6 Å². The average Bonchev–Trinajstić information content (AvgIpc) is 2.27. The first-order valence-corrected chi connectivity index (χ1v) is 7.59. The SMILES string of the molecule is COc1cccc(CNCCCS(C)(=O)=O)c1. The Bertz CT molecular complexity index is 443. The molecule has 0 atom stereocenters. The van der Waals surface area contributed by atoms with E-state index in [1.807, 2.05) is 24.3 Å². The summed E-state index contributed by atoms with van der Waals surface area (Å²) in [5, 5.41) is 3.21. The quantitative estimate of drug-likeness (QED) is 0.746. The van der Waals surface area contributed by atoms with Gasteiger partial charge in [0.15, 0.2) is 0 Å². The Morgan fingerprint density at radius 1 is 1.35 bits per heavy atom. The van der Waals surface area contributed by atoms with Gasteiger partial charge in [0.25, 0.3) is 0 Å². The number of sulfone groups is 1. The molecule has 1 rings (SSSR count). The van der Waals surface area contributed by atoms with Gasteiger partial charge in [-0.2, -0.15) is 0 Å². The zero-order valence-electron chi connectivity index (χ0n) is 10.3. The Labute approximate surface area is 103 Å². The Balaban J connectivity index is 2.26. The van der Waals surface area contributed by atoms with Crippen LogP contribution in [0.2, 0.25) is 0 Å². The summed E-state index contributed by atoms with van der Waals surface area (Å²) in [7, 11) is -1.20. The topological polar surface area (TPSA) is 55.4 Å². The lowest BCUT2D eigenvalue weighted by atomic mass is 10.2. The Hall–Kier alpha value is -1.07. The molecule has 0 heterocycles. The predicted molar refractivity (Wildman–Crippen MR) is 69.0 cm³/mol. The molecule has 0 bridgehead atoms. The van der Waals surface area contributed by atoms with E-state index in [2.05, 4.69) is 5.32 Å². The van der Waals surface area contributed by atoms with E-state index in [0.717, 1.165) is 17.9 Å². The van der Waals surface area contributed by atoms with E-state index in [0.29, 0.717) is 13.0 Å². The van der Waals surface area contributed by atoms with E-state index in [1.54, 1.807) is 7.11 Å². The minimum Gasteiger partial charge on any atom is -0.497 e. The summed E-state index contributed by atoms with van der Waals surface area (Å²) < 4.78 is 26.9. The maximum absolute atomic E-state index is 10.9. The van der Waals surface area contributed by atoms with Crippen LogP contribution in [0.5, 0.6) is 5.75 Å². The Kier molecular flexibility index (Phi) is 5.44. The third-order valence-corrected chi connectivity index (χ3v) is 3.36. The number of methoxy groups -OCH3 is 1. The Morgan fingerprint density at radius 2 is 2.12 bits per heavy atom. The smallest absolute Gasteiger partial charge is 0.147 e. The van der Waals surface area contributed by atoms with Gasteiger partial charge < -0.3 is 10.1 Å². The summed E-state index contributed by atoms with van der Waals surface area (Å²) in [6, 6.07) is 7.80. The largest absolute Gasteiger partial charge is 0.497 e. The molecule has 0 unspecified atom stereocenters. The molecule has 0 fully saturated rings. The van der Waals surface area contributed by atoms with Gasteiger partial charge in [-0.1, -0.05) is 12.1 Å². The lowest BCUT2D eigenvalue weighted by Crippen LogP contribution is -2.17. The maximum Gasteiger partial charge on any atom is 0.147 e. The number of benzene rings is 1. The zero-order chi connectivity index (χ0) is 12.7. The predicted octanol–water partition coefficient (Wildman–Crippen LogP) is 1.22. The molecule has 0 spiro atoms. The average molecular weight is 257 g/mol. The van der Waals surface area contributed by atoms with Gasteiger partial charge in [-0.15, -0.1) is 0 Å². The fourth-order valence-corrected chi connectivity index (χ4v) is 2.14. The molecular weight excluding hydrogens is 238 g/mol. The number of nitrogens with one attached hydrogen (secondary N) is 1. The molecule has 0 aromatic heterocycles. The third kappa shape index (κ3) is 6.28. The van der Waals surface area contributed by atoms with E-state index in [9.17, 15) is 8.42 Å². The molecule has 96 valence electrons. The standard InChI is InChI=1S/C12H19NO3S/c1-16-12-6-3-5-11(9-12)10-13-7-4-8-17(2,14)15/h3,5-6,9,13H,4,7-8,10H2,1-2H3. The van der Waals surface area contributed by atoms with Crippen LogP contribution >= 0.6 is 0 Å². The van der Waals surface area contributed by atoms with Crippen molar-refractivity contribution in [2.24, 2.45) is 0 Å². The lowest BCUT2D eigenvalue weighted by Gasteiger charge is -2.06. The monoisotopic (exact) mass is 257 g/mol. The van der Waals surface area contributed by atoms with Crippen molar-refractivity contribution < 1.29 is 13.2 Å². The molecule has 4 nitrogen and oxygen atoms in total. The van der Waals surface area contributed by atoms with Gasteiger partial charge in [-0.25, -0.2) is 8.42 Å². The Morgan fingerprint density at radius 3 is 2.76 bits per heavy atom. The normalized spacial score (nSPS) is 11.4.